The van der Waals surface area contributed by atoms with Crippen LogP contribution in [0.1, 0.15) is 46.6 Å². The molecule has 4 rings (SSSR count). The van der Waals surface area contributed by atoms with Gasteiger partial charge in [0, 0.05) is 5.92 Å². The fourth-order valence-electron chi connectivity index (χ4n) is 5.41. The molecule has 1 aliphatic heterocycles. The maximum Gasteiger partial charge on any atom is 0.264 e. The van der Waals surface area contributed by atoms with Gasteiger partial charge in [-0.15, -0.1) is 0 Å². The van der Waals surface area contributed by atoms with Gasteiger partial charge in [-0.1, -0.05) is 126 Å². The monoisotopic (exact) mass is 504 g/mol. The van der Waals surface area contributed by atoms with Crippen molar-refractivity contribution in [2.75, 3.05) is 0 Å². The van der Waals surface area contributed by atoms with Crippen LogP contribution in [0.2, 0.25) is 5.04 Å². The van der Waals surface area contributed by atoms with E-state index >= 15 is 0 Å². The molecule has 2 unspecified atom stereocenters. The SMILES string of the molecule is CCC1O[C@@H](O[Si](c2ccccc2)(c2ccccc2)C(C)(C)C)C(C)[C@@H](OCc2ccccc2)[C@H]1O. The Balaban J connectivity index is 1.72. The van der Waals surface area contributed by atoms with Crippen LogP contribution in [-0.2, 0) is 20.5 Å². The van der Waals surface area contributed by atoms with E-state index in [1.165, 1.54) is 10.4 Å². The number of rotatable bonds is 8. The highest BCUT2D eigenvalue weighted by molar-refractivity contribution is 6.99. The molecule has 192 valence electrons. The first-order valence-corrected chi connectivity index (χ1v) is 15.0. The van der Waals surface area contributed by atoms with Gasteiger partial charge in [0.05, 0.1) is 18.8 Å². The maximum absolute atomic E-state index is 11.2. The van der Waals surface area contributed by atoms with Crippen LogP contribution in [-0.4, -0.2) is 38.0 Å². The van der Waals surface area contributed by atoms with Gasteiger partial charge in [-0.25, -0.2) is 0 Å². The Morgan fingerprint density at radius 1 is 0.833 bits per heavy atom. The summed E-state index contributed by atoms with van der Waals surface area (Å²) in [5.41, 5.74) is 1.08. The van der Waals surface area contributed by atoms with Crippen LogP contribution in [0.15, 0.2) is 91.0 Å². The first-order chi connectivity index (χ1) is 17.3. The number of hydrogen-bond donors (Lipinski definition) is 1. The van der Waals surface area contributed by atoms with E-state index in [9.17, 15) is 5.11 Å². The number of hydrogen-bond acceptors (Lipinski definition) is 4. The molecule has 1 saturated heterocycles. The molecule has 1 heterocycles. The quantitative estimate of drug-likeness (QED) is 0.424. The Kier molecular flexibility index (Phi) is 8.48. The van der Waals surface area contributed by atoms with Crippen LogP contribution < -0.4 is 10.4 Å². The average molecular weight is 505 g/mol. The number of aliphatic hydroxyl groups is 1. The summed E-state index contributed by atoms with van der Waals surface area (Å²) in [5.74, 6) is -0.159. The summed E-state index contributed by atoms with van der Waals surface area (Å²) in [6, 6.07) is 31.3. The summed E-state index contributed by atoms with van der Waals surface area (Å²) in [4.78, 5) is 0. The van der Waals surface area contributed by atoms with Gasteiger partial charge >= 0.3 is 0 Å². The molecular formula is C31H40O4Si. The Labute approximate surface area is 217 Å². The number of ether oxygens (including phenoxy) is 2. The van der Waals surface area contributed by atoms with Gasteiger partial charge in [0.2, 0.25) is 0 Å². The molecule has 0 radical (unpaired) electrons. The lowest BCUT2D eigenvalue weighted by atomic mass is 9.91. The Morgan fingerprint density at radius 3 is 1.81 bits per heavy atom. The topological polar surface area (TPSA) is 47.9 Å². The largest absolute Gasteiger partial charge is 0.388 e. The smallest absolute Gasteiger partial charge is 0.264 e. The molecular weight excluding hydrogens is 464 g/mol. The van der Waals surface area contributed by atoms with E-state index in [1.807, 2.05) is 49.4 Å². The lowest BCUT2D eigenvalue weighted by molar-refractivity contribution is -0.264. The van der Waals surface area contributed by atoms with Gasteiger partial charge in [-0.3, -0.25) is 0 Å². The van der Waals surface area contributed by atoms with E-state index in [4.69, 9.17) is 13.9 Å². The maximum atomic E-state index is 11.2. The van der Waals surface area contributed by atoms with Crippen molar-refractivity contribution in [2.24, 2.45) is 5.92 Å². The summed E-state index contributed by atoms with van der Waals surface area (Å²) >= 11 is 0. The highest BCUT2D eigenvalue weighted by atomic mass is 28.4. The van der Waals surface area contributed by atoms with Crippen LogP contribution in [0.25, 0.3) is 0 Å². The molecule has 0 saturated carbocycles. The Bertz CT molecular complexity index is 1030. The molecule has 0 aromatic heterocycles. The van der Waals surface area contributed by atoms with Crippen LogP contribution in [0.4, 0.5) is 0 Å². The normalized spacial score (nSPS) is 25.0. The van der Waals surface area contributed by atoms with Crippen LogP contribution in [0.3, 0.4) is 0 Å². The third-order valence-corrected chi connectivity index (χ3v) is 12.4. The summed E-state index contributed by atoms with van der Waals surface area (Å²) in [6.07, 6.45) is -1.30. The van der Waals surface area contributed by atoms with Gasteiger partial charge in [0.15, 0.2) is 6.29 Å². The van der Waals surface area contributed by atoms with Gasteiger partial charge < -0.3 is 19.0 Å². The van der Waals surface area contributed by atoms with E-state index in [1.54, 1.807) is 0 Å². The van der Waals surface area contributed by atoms with Crippen molar-refractivity contribution >= 4 is 18.7 Å². The highest BCUT2D eigenvalue weighted by Gasteiger charge is 2.54. The molecule has 4 nitrogen and oxygen atoms in total. The molecule has 3 aromatic rings. The average Bonchev–Trinajstić information content (AvgIpc) is 2.89. The van der Waals surface area contributed by atoms with Crippen molar-refractivity contribution in [3.8, 4) is 0 Å². The second-order valence-corrected chi connectivity index (χ2v) is 15.1. The van der Waals surface area contributed by atoms with E-state index in [-0.39, 0.29) is 17.1 Å². The summed E-state index contributed by atoms with van der Waals surface area (Å²) in [6.45, 7) is 11.4. The molecule has 1 N–H and O–H groups in total. The van der Waals surface area contributed by atoms with Crippen LogP contribution in [0.5, 0.6) is 0 Å². The van der Waals surface area contributed by atoms with Gasteiger partial charge in [0.1, 0.15) is 6.10 Å². The predicted octanol–water partition coefficient (Wildman–Crippen LogP) is 5.28. The zero-order valence-electron chi connectivity index (χ0n) is 22.1. The van der Waals surface area contributed by atoms with Gasteiger partial charge in [-0.2, -0.15) is 0 Å². The first-order valence-electron chi connectivity index (χ1n) is 13.1. The summed E-state index contributed by atoms with van der Waals surface area (Å²) in [7, 11) is -2.82. The fraction of sp³-hybridized carbons (Fsp3) is 0.419. The zero-order chi connectivity index (χ0) is 25.8. The van der Waals surface area contributed by atoms with Crippen molar-refractivity contribution in [1.29, 1.82) is 0 Å². The van der Waals surface area contributed by atoms with Crippen molar-refractivity contribution in [2.45, 2.75) is 77.3 Å². The van der Waals surface area contributed by atoms with Crippen molar-refractivity contribution in [3.05, 3.63) is 96.6 Å². The van der Waals surface area contributed by atoms with E-state index in [0.717, 1.165) is 5.56 Å². The van der Waals surface area contributed by atoms with Crippen molar-refractivity contribution < 1.29 is 19.0 Å². The second-order valence-electron chi connectivity index (χ2n) is 10.8. The summed E-state index contributed by atoms with van der Waals surface area (Å²) in [5, 5.41) is 13.4. The highest BCUT2D eigenvalue weighted by Crippen LogP contribution is 2.41. The standard InChI is InChI=1S/C31H40O4Si/c1-6-27-28(32)29(33-22-24-16-10-7-11-17-24)23(2)30(34-27)35-36(31(3,4)5,25-18-12-8-13-19-25)26-20-14-9-15-21-26/h7-21,23,27-30,32H,6,22H2,1-5H3/t23?,27?,28-,29+,30-/m0/s1. The third-order valence-electron chi connectivity index (χ3n) is 7.37. The van der Waals surface area contributed by atoms with Crippen LogP contribution in [0, 0.1) is 5.92 Å². The van der Waals surface area contributed by atoms with Gasteiger partial charge in [0.25, 0.3) is 8.32 Å². The fourth-order valence-corrected chi connectivity index (χ4v) is 10.0. The molecule has 0 bridgehead atoms. The molecule has 1 aliphatic rings. The van der Waals surface area contributed by atoms with Crippen molar-refractivity contribution in [1.82, 2.24) is 0 Å². The zero-order valence-corrected chi connectivity index (χ0v) is 23.1. The van der Waals surface area contributed by atoms with E-state index in [2.05, 4.69) is 76.2 Å². The molecule has 5 heteroatoms. The molecule has 1 fully saturated rings. The van der Waals surface area contributed by atoms with Crippen LogP contribution >= 0.6 is 0 Å². The minimum absolute atomic E-state index is 0.159. The molecule has 5 atom stereocenters. The lowest BCUT2D eigenvalue weighted by Crippen LogP contribution is -2.70. The van der Waals surface area contributed by atoms with Crippen molar-refractivity contribution in [3.63, 3.8) is 0 Å². The third kappa shape index (κ3) is 5.36. The molecule has 0 amide bonds. The molecule has 36 heavy (non-hydrogen) atoms. The molecule has 0 aliphatic carbocycles. The van der Waals surface area contributed by atoms with E-state index < -0.39 is 26.8 Å². The minimum Gasteiger partial charge on any atom is -0.388 e. The number of aliphatic hydroxyl groups excluding tert-OH is 1. The van der Waals surface area contributed by atoms with Gasteiger partial charge in [-0.05, 0) is 27.4 Å². The summed E-state index contributed by atoms with van der Waals surface area (Å²) < 4.78 is 20.2. The Hall–Kier alpha value is -2.28. The lowest BCUT2D eigenvalue weighted by Gasteiger charge is -2.50. The molecule has 3 aromatic carbocycles. The van der Waals surface area contributed by atoms with E-state index in [0.29, 0.717) is 13.0 Å². The minimum atomic E-state index is -2.82. The molecule has 0 spiro atoms. The Morgan fingerprint density at radius 2 is 1.33 bits per heavy atom. The predicted molar refractivity (Wildman–Crippen MR) is 148 cm³/mol. The number of benzene rings is 3. The second kappa shape index (κ2) is 11.4. The first kappa shape index (κ1) is 26.8.